The lowest BCUT2D eigenvalue weighted by molar-refractivity contribution is -0.0381. The molecule has 1 N–H and O–H groups in total. The molecule has 2 rings (SSSR count). The van der Waals surface area contributed by atoms with Gasteiger partial charge in [-0.05, 0) is 39.0 Å². The van der Waals surface area contributed by atoms with Crippen LogP contribution in [0.4, 0.5) is 5.82 Å². The van der Waals surface area contributed by atoms with Gasteiger partial charge in [0.1, 0.15) is 12.4 Å². The van der Waals surface area contributed by atoms with Gasteiger partial charge in [-0.3, -0.25) is 0 Å². The second kappa shape index (κ2) is 8.29. The van der Waals surface area contributed by atoms with Crippen molar-refractivity contribution in [3.8, 4) is 0 Å². The van der Waals surface area contributed by atoms with Crippen molar-refractivity contribution in [1.82, 2.24) is 9.97 Å². The van der Waals surface area contributed by atoms with Crippen LogP contribution in [0, 0.1) is 6.92 Å². The van der Waals surface area contributed by atoms with E-state index in [0.29, 0.717) is 12.7 Å². The Labute approximate surface area is 127 Å². The van der Waals surface area contributed by atoms with Crippen molar-refractivity contribution in [3.63, 3.8) is 0 Å². The Hall–Kier alpha value is -1.20. The number of aryl methyl sites for hydroxylation is 1. The van der Waals surface area contributed by atoms with Gasteiger partial charge in [0.2, 0.25) is 0 Å². The number of nitrogens with one attached hydrogen (secondary N) is 1. The Morgan fingerprint density at radius 3 is 2.86 bits per heavy atom. The molecule has 1 aliphatic rings. The Morgan fingerprint density at radius 2 is 2.10 bits per heavy atom. The molecule has 0 bridgehead atoms. The number of hydrogen-bond acceptors (Lipinski definition) is 5. The summed E-state index contributed by atoms with van der Waals surface area (Å²) in [4.78, 5) is 8.97. The Morgan fingerprint density at radius 1 is 1.29 bits per heavy atom. The lowest BCUT2D eigenvalue weighted by Gasteiger charge is -2.28. The molecule has 1 aliphatic carbocycles. The van der Waals surface area contributed by atoms with Crippen molar-refractivity contribution < 1.29 is 9.47 Å². The summed E-state index contributed by atoms with van der Waals surface area (Å²) in [5.41, 5.74) is 0.973. The fraction of sp³-hybridized carbons (Fsp3) is 0.750. The quantitative estimate of drug-likeness (QED) is 0.837. The maximum absolute atomic E-state index is 5.98. The van der Waals surface area contributed by atoms with Crippen LogP contribution in [0.1, 0.15) is 50.5 Å². The summed E-state index contributed by atoms with van der Waals surface area (Å²) in [6, 6.07) is 1.97. The topological polar surface area (TPSA) is 56.3 Å². The summed E-state index contributed by atoms with van der Waals surface area (Å²) in [5.74, 6) is 1.65. The van der Waals surface area contributed by atoms with Crippen molar-refractivity contribution in [2.45, 2.75) is 64.8 Å². The molecular formula is C16H27N3O2. The molecule has 1 aromatic heterocycles. The van der Waals surface area contributed by atoms with Gasteiger partial charge >= 0.3 is 0 Å². The fourth-order valence-corrected chi connectivity index (χ4v) is 2.70. The minimum Gasteiger partial charge on any atom is -0.381 e. The fourth-order valence-electron chi connectivity index (χ4n) is 2.70. The van der Waals surface area contributed by atoms with E-state index in [2.05, 4.69) is 22.2 Å². The molecule has 2 atom stereocenters. The Bertz CT molecular complexity index is 440. The van der Waals surface area contributed by atoms with Gasteiger partial charge in [-0.15, -0.1) is 0 Å². The highest BCUT2D eigenvalue weighted by atomic mass is 16.5. The molecule has 2 unspecified atom stereocenters. The van der Waals surface area contributed by atoms with Crippen molar-refractivity contribution in [2.24, 2.45) is 0 Å². The first-order chi connectivity index (χ1) is 10.2. The number of rotatable bonds is 7. The van der Waals surface area contributed by atoms with Crippen molar-refractivity contribution >= 4 is 5.82 Å². The molecule has 1 aromatic rings. The van der Waals surface area contributed by atoms with Crippen LogP contribution >= 0.6 is 0 Å². The Balaban J connectivity index is 1.88. The molecule has 0 radical (unpaired) electrons. The van der Waals surface area contributed by atoms with Crippen LogP contribution in [0.15, 0.2) is 6.07 Å². The minimum absolute atomic E-state index is 0.264. The third-order valence-corrected chi connectivity index (χ3v) is 3.82. The second-order valence-corrected chi connectivity index (χ2v) is 5.69. The van der Waals surface area contributed by atoms with E-state index in [1.165, 1.54) is 6.42 Å². The summed E-state index contributed by atoms with van der Waals surface area (Å²) >= 11 is 0. The minimum atomic E-state index is 0.264. The first kappa shape index (κ1) is 16.2. The molecule has 1 fully saturated rings. The van der Waals surface area contributed by atoms with Gasteiger partial charge in [-0.25, -0.2) is 9.97 Å². The van der Waals surface area contributed by atoms with Gasteiger partial charge < -0.3 is 14.8 Å². The molecular weight excluding hydrogens is 266 g/mol. The molecule has 0 saturated heterocycles. The van der Waals surface area contributed by atoms with Crippen LogP contribution in [0.5, 0.6) is 0 Å². The highest BCUT2D eigenvalue weighted by Gasteiger charge is 2.22. The lowest BCUT2D eigenvalue weighted by Crippen LogP contribution is -2.27. The van der Waals surface area contributed by atoms with Crippen LogP contribution in [-0.2, 0) is 16.1 Å². The molecule has 118 valence electrons. The molecule has 0 aliphatic heterocycles. The molecule has 0 amide bonds. The number of methoxy groups -OCH3 is 1. The first-order valence-electron chi connectivity index (χ1n) is 7.94. The summed E-state index contributed by atoms with van der Waals surface area (Å²) < 4.78 is 11.4. The molecule has 1 saturated carbocycles. The number of aromatic nitrogens is 2. The average Bonchev–Trinajstić information content (AvgIpc) is 2.50. The maximum Gasteiger partial charge on any atom is 0.156 e. The van der Waals surface area contributed by atoms with Gasteiger partial charge in [0.05, 0.1) is 12.2 Å². The van der Waals surface area contributed by atoms with E-state index < -0.39 is 0 Å². The molecule has 0 spiro atoms. The highest BCUT2D eigenvalue weighted by Crippen LogP contribution is 2.23. The van der Waals surface area contributed by atoms with E-state index in [0.717, 1.165) is 49.6 Å². The summed E-state index contributed by atoms with van der Waals surface area (Å²) in [6.45, 7) is 5.53. The summed E-state index contributed by atoms with van der Waals surface area (Å²) in [7, 11) is 1.78. The monoisotopic (exact) mass is 293 g/mol. The van der Waals surface area contributed by atoms with Crippen LogP contribution in [0.25, 0.3) is 0 Å². The smallest absolute Gasteiger partial charge is 0.156 e. The van der Waals surface area contributed by atoms with E-state index in [1.54, 1.807) is 7.11 Å². The predicted molar refractivity (Wildman–Crippen MR) is 83.4 cm³/mol. The lowest BCUT2D eigenvalue weighted by atomic mass is 9.95. The number of ether oxygens (including phenoxy) is 2. The zero-order chi connectivity index (χ0) is 15.1. The van der Waals surface area contributed by atoms with Crippen LogP contribution < -0.4 is 5.32 Å². The zero-order valence-corrected chi connectivity index (χ0v) is 13.4. The van der Waals surface area contributed by atoms with Crippen LogP contribution in [-0.4, -0.2) is 35.8 Å². The second-order valence-electron chi connectivity index (χ2n) is 5.69. The standard InChI is InChI=1S/C16H27N3O2/c1-4-8-17-15-9-12(2)18-16(19-15)11-21-14-7-5-6-13(10-14)20-3/h9,13-14H,4-8,10-11H2,1-3H3,(H,17,18,19). The molecule has 5 nitrogen and oxygen atoms in total. The largest absolute Gasteiger partial charge is 0.381 e. The van der Waals surface area contributed by atoms with E-state index in [1.807, 2.05) is 13.0 Å². The average molecular weight is 293 g/mol. The molecule has 0 aromatic carbocycles. The maximum atomic E-state index is 5.98. The molecule has 21 heavy (non-hydrogen) atoms. The number of hydrogen-bond donors (Lipinski definition) is 1. The van der Waals surface area contributed by atoms with Crippen molar-refractivity contribution in [1.29, 1.82) is 0 Å². The predicted octanol–water partition coefficient (Wildman–Crippen LogP) is 3.08. The van der Waals surface area contributed by atoms with E-state index in [-0.39, 0.29) is 6.10 Å². The van der Waals surface area contributed by atoms with Gasteiger partial charge in [0.25, 0.3) is 0 Å². The van der Waals surface area contributed by atoms with Gasteiger partial charge in [0, 0.05) is 25.4 Å². The highest BCUT2D eigenvalue weighted by molar-refractivity contribution is 5.35. The van der Waals surface area contributed by atoms with Crippen LogP contribution in [0.2, 0.25) is 0 Å². The van der Waals surface area contributed by atoms with E-state index in [9.17, 15) is 0 Å². The normalized spacial score (nSPS) is 22.2. The van der Waals surface area contributed by atoms with Gasteiger partial charge in [-0.2, -0.15) is 0 Å². The third-order valence-electron chi connectivity index (χ3n) is 3.82. The number of anilines is 1. The zero-order valence-electron chi connectivity index (χ0n) is 13.4. The van der Waals surface area contributed by atoms with Crippen molar-refractivity contribution in [2.75, 3.05) is 19.0 Å². The molecule has 1 heterocycles. The number of nitrogens with zero attached hydrogens (tertiary/aromatic N) is 2. The summed E-state index contributed by atoms with van der Waals surface area (Å²) in [6.07, 6.45) is 6.07. The SMILES string of the molecule is CCCNc1cc(C)nc(COC2CCCC(OC)C2)n1. The third kappa shape index (κ3) is 5.25. The van der Waals surface area contributed by atoms with Crippen molar-refractivity contribution in [3.05, 3.63) is 17.6 Å². The molecule has 5 heteroatoms. The first-order valence-corrected chi connectivity index (χ1v) is 7.94. The Kier molecular flexibility index (Phi) is 6.39. The van der Waals surface area contributed by atoms with Crippen LogP contribution in [0.3, 0.4) is 0 Å². The van der Waals surface area contributed by atoms with Gasteiger partial charge in [0.15, 0.2) is 5.82 Å². The van der Waals surface area contributed by atoms with E-state index in [4.69, 9.17) is 9.47 Å². The van der Waals surface area contributed by atoms with E-state index >= 15 is 0 Å². The summed E-state index contributed by atoms with van der Waals surface area (Å²) in [5, 5.41) is 3.30. The van der Waals surface area contributed by atoms with Gasteiger partial charge in [-0.1, -0.05) is 6.92 Å².